The smallest absolute Gasteiger partial charge is 0.136 e. The molecule has 1 saturated heterocycles. The molecule has 1 aliphatic rings. The number of anilines is 1. The second-order valence-electron chi connectivity index (χ2n) is 4.29. The molecule has 1 fully saturated rings. The van der Waals surface area contributed by atoms with Gasteiger partial charge in [-0.15, -0.1) is 5.10 Å². The number of hydrogen-bond acceptors (Lipinski definition) is 4. The number of benzene rings is 1. The molecule has 2 heterocycles. The first kappa shape index (κ1) is 10.5. The van der Waals surface area contributed by atoms with Gasteiger partial charge < -0.3 is 10.2 Å². The molecule has 0 saturated carbocycles. The largest absolute Gasteiger partial charge is 0.367 e. The molecule has 0 bridgehead atoms. The predicted molar refractivity (Wildman–Crippen MR) is 68.3 cm³/mol. The summed E-state index contributed by atoms with van der Waals surface area (Å²) >= 11 is 0. The number of fused-ring (bicyclic) bond motifs is 1. The topological polar surface area (TPSA) is 46.0 Å². The van der Waals surface area contributed by atoms with Crippen molar-refractivity contribution >= 4 is 16.7 Å². The van der Waals surface area contributed by atoms with Crippen LogP contribution in [-0.4, -0.2) is 41.2 Å². The van der Waals surface area contributed by atoms with Crippen molar-refractivity contribution in [3.05, 3.63) is 18.2 Å². The Bertz CT molecular complexity index is 513. The molecule has 5 nitrogen and oxygen atoms in total. The summed E-state index contributed by atoms with van der Waals surface area (Å²) in [5, 5.41) is 11.9. The molecule has 3 rings (SSSR count). The van der Waals surface area contributed by atoms with E-state index >= 15 is 0 Å². The third kappa shape index (κ3) is 1.76. The minimum atomic E-state index is 0.863. The van der Waals surface area contributed by atoms with Crippen LogP contribution < -0.4 is 10.2 Å². The molecule has 90 valence electrons. The standard InChI is InChI=1S/C12H17N5/c1-2-17-11-5-3-4-10(12(11)14-15-17)16-8-6-13-7-9-16/h3-5,13H,2,6-9H2,1H3. The minimum Gasteiger partial charge on any atom is -0.367 e. The lowest BCUT2D eigenvalue weighted by molar-refractivity contribution is 0.590. The summed E-state index contributed by atoms with van der Waals surface area (Å²) in [7, 11) is 0. The maximum atomic E-state index is 4.32. The quantitative estimate of drug-likeness (QED) is 0.832. The van der Waals surface area contributed by atoms with E-state index in [-0.39, 0.29) is 0 Å². The molecule has 0 aliphatic carbocycles. The lowest BCUT2D eigenvalue weighted by Gasteiger charge is -2.29. The van der Waals surface area contributed by atoms with Crippen LogP contribution in [0.1, 0.15) is 6.92 Å². The molecule has 1 aliphatic heterocycles. The van der Waals surface area contributed by atoms with Crippen molar-refractivity contribution in [2.24, 2.45) is 0 Å². The number of nitrogens with one attached hydrogen (secondary N) is 1. The van der Waals surface area contributed by atoms with E-state index in [0.717, 1.165) is 43.8 Å². The zero-order valence-electron chi connectivity index (χ0n) is 10.1. The highest BCUT2D eigenvalue weighted by atomic mass is 15.4. The average molecular weight is 231 g/mol. The molecule has 5 heteroatoms. The molecule has 1 aromatic carbocycles. The van der Waals surface area contributed by atoms with E-state index in [1.807, 2.05) is 4.68 Å². The third-order valence-electron chi connectivity index (χ3n) is 3.28. The van der Waals surface area contributed by atoms with Crippen LogP contribution in [0.2, 0.25) is 0 Å². The van der Waals surface area contributed by atoms with Gasteiger partial charge in [0, 0.05) is 32.7 Å². The minimum absolute atomic E-state index is 0.863. The van der Waals surface area contributed by atoms with Crippen LogP contribution >= 0.6 is 0 Å². The number of piperazine rings is 1. The highest BCUT2D eigenvalue weighted by Gasteiger charge is 2.15. The zero-order valence-corrected chi connectivity index (χ0v) is 10.1. The van der Waals surface area contributed by atoms with E-state index in [4.69, 9.17) is 0 Å². The molecule has 1 N–H and O–H groups in total. The number of aryl methyl sites for hydroxylation is 1. The maximum absolute atomic E-state index is 4.32. The van der Waals surface area contributed by atoms with Gasteiger partial charge >= 0.3 is 0 Å². The first-order valence-corrected chi connectivity index (χ1v) is 6.18. The van der Waals surface area contributed by atoms with Gasteiger partial charge in [-0.2, -0.15) is 0 Å². The fourth-order valence-electron chi connectivity index (χ4n) is 2.37. The number of aromatic nitrogens is 3. The van der Waals surface area contributed by atoms with Crippen molar-refractivity contribution in [2.45, 2.75) is 13.5 Å². The van der Waals surface area contributed by atoms with E-state index in [2.05, 4.69) is 45.7 Å². The summed E-state index contributed by atoms with van der Waals surface area (Å²) in [6.45, 7) is 7.11. The van der Waals surface area contributed by atoms with Crippen LogP contribution in [-0.2, 0) is 6.54 Å². The summed E-state index contributed by atoms with van der Waals surface area (Å²) in [6.07, 6.45) is 0. The van der Waals surface area contributed by atoms with Crippen LogP contribution in [0.3, 0.4) is 0 Å². The van der Waals surface area contributed by atoms with Crippen LogP contribution in [0.15, 0.2) is 18.2 Å². The molecular weight excluding hydrogens is 214 g/mol. The van der Waals surface area contributed by atoms with Gasteiger partial charge in [0.25, 0.3) is 0 Å². The molecular formula is C12H17N5. The van der Waals surface area contributed by atoms with Crippen LogP contribution in [0.4, 0.5) is 5.69 Å². The summed E-state index contributed by atoms with van der Waals surface area (Å²) in [4.78, 5) is 2.38. The Morgan fingerprint density at radius 1 is 1.29 bits per heavy atom. The van der Waals surface area contributed by atoms with Gasteiger partial charge in [-0.05, 0) is 19.1 Å². The van der Waals surface area contributed by atoms with Gasteiger partial charge in [0.2, 0.25) is 0 Å². The molecule has 0 unspecified atom stereocenters. The third-order valence-corrected chi connectivity index (χ3v) is 3.28. The van der Waals surface area contributed by atoms with Gasteiger partial charge in [0.1, 0.15) is 5.52 Å². The van der Waals surface area contributed by atoms with Crippen molar-refractivity contribution in [3.63, 3.8) is 0 Å². The highest BCUT2D eigenvalue weighted by Crippen LogP contribution is 2.24. The summed E-state index contributed by atoms with van der Waals surface area (Å²) in [6, 6.07) is 6.32. The van der Waals surface area contributed by atoms with E-state index in [0.29, 0.717) is 0 Å². The van der Waals surface area contributed by atoms with Gasteiger partial charge in [0.15, 0.2) is 0 Å². The van der Waals surface area contributed by atoms with Crippen LogP contribution in [0, 0.1) is 0 Å². The first-order valence-electron chi connectivity index (χ1n) is 6.18. The molecule has 17 heavy (non-hydrogen) atoms. The van der Waals surface area contributed by atoms with Gasteiger partial charge in [-0.1, -0.05) is 11.3 Å². The van der Waals surface area contributed by atoms with Crippen molar-refractivity contribution < 1.29 is 0 Å². The van der Waals surface area contributed by atoms with Gasteiger partial charge in [-0.3, -0.25) is 0 Å². The fraction of sp³-hybridized carbons (Fsp3) is 0.500. The Kier molecular flexibility index (Phi) is 2.68. The second kappa shape index (κ2) is 4.33. The summed E-state index contributed by atoms with van der Waals surface area (Å²) in [5.41, 5.74) is 3.36. The van der Waals surface area contributed by atoms with Gasteiger partial charge in [-0.25, -0.2) is 4.68 Å². The zero-order chi connectivity index (χ0) is 11.7. The highest BCUT2D eigenvalue weighted by molar-refractivity contribution is 5.88. The first-order chi connectivity index (χ1) is 8.40. The summed E-state index contributed by atoms with van der Waals surface area (Å²) in [5.74, 6) is 0. The van der Waals surface area contributed by atoms with E-state index in [1.165, 1.54) is 5.69 Å². The van der Waals surface area contributed by atoms with Crippen molar-refractivity contribution in [3.8, 4) is 0 Å². The van der Waals surface area contributed by atoms with Crippen molar-refractivity contribution in [2.75, 3.05) is 31.1 Å². The molecule has 2 aromatic rings. The second-order valence-corrected chi connectivity index (χ2v) is 4.29. The Morgan fingerprint density at radius 3 is 2.88 bits per heavy atom. The number of hydrogen-bond donors (Lipinski definition) is 1. The molecule has 0 radical (unpaired) electrons. The normalized spacial score (nSPS) is 16.6. The lowest BCUT2D eigenvalue weighted by Crippen LogP contribution is -2.43. The molecule has 0 atom stereocenters. The lowest BCUT2D eigenvalue weighted by atomic mass is 10.2. The van der Waals surface area contributed by atoms with Crippen LogP contribution in [0.25, 0.3) is 11.0 Å². The van der Waals surface area contributed by atoms with E-state index in [9.17, 15) is 0 Å². The SMILES string of the molecule is CCn1nnc2c(N3CCNCC3)cccc21. The molecule has 0 amide bonds. The Labute approximate surface area is 100 Å². The van der Waals surface area contributed by atoms with Gasteiger partial charge in [0.05, 0.1) is 11.2 Å². The average Bonchev–Trinajstić information content (AvgIpc) is 2.82. The van der Waals surface area contributed by atoms with Crippen molar-refractivity contribution in [1.29, 1.82) is 0 Å². The Morgan fingerprint density at radius 2 is 2.12 bits per heavy atom. The molecule has 1 aromatic heterocycles. The number of nitrogens with zero attached hydrogens (tertiary/aromatic N) is 4. The van der Waals surface area contributed by atoms with Crippen molar-refractivity contribution in [1.82, 2.24) is 20.3 Å². The maximum Gasteiger partial charge on any atom is 0.136 e. The fourth-order valence-corrected chi connectivity index (χ4v) is 2.37. The van der Waals surface area contributed by atoms with E-state index in [1.54, 1.807) is 0 Å². The Balaban J connectivity index is 2.06. The van der Waals surface area contributed by atoms with Crippen LogP contribution in [0.5, 0.6) is 0 Å². The molecule has 0 spiro atoms. The number of rotatable bonds is 2. The monoisotopic (exact) mass is 231 g/mol. The van der Waals surface area contributed by atoms with E-state index < -0.39 is 0 Å². The summed E-state index contributed by atoms with van der Waals surface area (Å²) < 4.78 is 1.95. The Hall–Kier alpha value is -1.62. The predicted octanol–water partition coefficient (Wildman–Crippen LogP) is 0.861.